The highest BCUT2D eigenvalue weighted by Crippen LogP contribution is 2.58. The lowest BCUT2D eigenvalue weighted by Crippen LogP contribution is -2.26. The lowest BCUT2D eigenvalue weighted by Gasteiger charge is -2.30. The maximum absolute atomic E-state index is 6.77. The molecule has 0 radical (unpaired) electrons. The molecule has 11 rings (SSSR count). The maximum atomic E-state index is 6.77. The van der Waals surface area contributed by atoms with Crippen LogP contribution in [0.2, 0.25) is 0 Å². The highest BCUT2D eigenvalue weighted by molar-refractivity contribution is 6.09. The largest absolute Gasteiger partial charge is 0.460 e. The summed E-state index contributed by atoms with van der Waals surface area (Å²) in [5.74, 6) is 3.36. The number of para-hydroxylation sites is 2. The third kappa shape index (κ3) is 3.75. The fraction of sp³-hybridized carbons (Fsp3) is 0.133. The zero-order valence-electron chi connectivity index (χ0n) is 27.8. The van der Waals surface area contributed by atoms with Gasteiger partial charge >= 0.3 is 0 Å². The molecule has 0 bridgehead atoms. The monoisotopic (exact) mass is 644 g/mol. The van der Waals surface area contributed by atoms with E-state index in [4.69, 9.17) is 19.4 Å². The van der Waals surface area contributed by atoms with Crippen molar-refractivity contribution in [1.29, 1.82) is 0 Å². The SMILES string of the molecule is CC1C=C2C3=Cc4c(oc5cccc(-c6nc(-c7ccccc7)nc(-n7c8ccccc8c8ccccc87)n6)c45)CC3(C)c3cccc(c32)C1. The number of aromatic nitrogens is 4. The minimum absolute atomic E-state index is 0.139. The van der Waals surface area contributed by atoms with E-state index in [1.807, 2.05) is 18.2 Å². The van der Waals surface area contributed by atoms with Crippen LogP contribution in [0.1, 0.15) is 41.9 Å². The molecule has 3 aliphatic carbocycles. The third-order valence-corrected chi connectivity index (χ3v) is 11.2. The van der Waals surface area contributed by atoms with Crippen LogP contribution in [0.3, 0.4) is 0 Å². The van der Waals surface area contributed by atoms with Crippen LogP contribution in [0, 0.1) is 5.92 Å². The number of nitrogens with zero attached hydrogens (tertiary/aromatic N) is 4. The third-order valence-electron chi connectivity index (χ3n) is 11.2. The van der Waals surface area contributed by atoms with Gasteiger partial charge in [0.15, 0.2) is 11.6 Å². The molecule has 8 aromatic rings. The molecule has 5 aromatic carbocycles. The standard InChI is InChI=1S/C45H32N4O/c1-26-22-28-14-10-18-34-40(28)32(23-26)35-24-33-39(25-45(34,35)2)50-38-21-11-17-31(41(33)38)43-46-42(27-12-4-3-5-13-27)47-44(48-43)49-36-19-8-6-15-29(36)30-16-7-9-20-37(30)49/h3-21,23-24,26H,22,25H2,1-2H3. The molecule has 0 saturated carbocycles. The van der Waals surface area contributed by atoms with E-state index >= 15 is 0 Å². The van der Waals surface area contributed by atoms with Gasteiger partial charge in [0, 0.05) is 44.7 Å². The van der Waals surface area contributed by atoms with E-state index in [-0.39, 0.29) is 5.41 Å². The molecular weight excluding hydrogens is 613 g/mol. The normalized spacial score (nSPS) is 19.0. The van der Waals surface area contributed by atoms with Crippen molar-refractivity contribution in [2.75, 3.05) is 0 Å². The van der Waals surface area contributed by atoms with Gasteiger partial charge in [0.1, 0.15) is 11.3 Å². The molecule has 2 atom stereocenters. The second-order valence-corrected chi connectivity index (χ2v) is 14.3. The Kier molecular flexibility index (Phi) is 5.56. The molecule has 3 aliphatic rings. The van der Waals surface area contributed by atoms with Crippen LogP contribution in [0.25, 0.3) is 73.1 Å². The summed E-state index contributed by atoms with van der Waals surface area (Å²) in [6.45, 7) is 4.73. The molecule has 0 spiro atoms. The summed E-state index contributed by atoms with van der Waals surface area (Å²) in [5, 5.41) is 3.38. The zero-order valence-corrected chi connectivity index (χ0v) is 27.8. The van der Waals surface area contributed by atoms with Crippen molar-refractivity contribution < 1.29 is 4.42 Å². The molecule has 0 N–H and O–H groups in total. The highest BCUT2D eigenvalue weighted by Gasteiger charge is 2.47. The summed E-state index contributed by atoms with van der Waals surface area (Å²) in [4.78, 5) is 15.6. The topological polar surface area (TPSA) is 56.7 Å². The van der Waals surface area contributed by atoms with Gasteiger partial charge in [0.25, 0.3) is 0 Å². The first-order chi connectivity index (χ1) is 24.5. The van der Waals surface area contributed by atoms with Crippen LogP contribution in [-0.4, -0.2) is 19.5 Å². The van der Waals surface area contributed by atoms with Crippen molar-refractivity contribution in [2.45, 2.75) is 32.1 Å². The predicted octanol–water partition coefficient (Wildman–Crippen LogP) is 10.5. The van der Waals surface area contributed by atoms with E-state index in [0.717, 1.165) is 57.3 Å². The second-order valence-electron chi connectivity index (χ2n) is 14.3. The molecular formula is C45H32N4O. The van der Waals surface area contributed by atoms with Gasteiger partial charge in [0.2, 0.25) is 5.95 Å². The van der Waals surface area contributed by atoms with Crippen molar-refractivity contribution in [3.63, 3.8) is 0 Å². The Morgan fingerprint density at radius 3 is 2.26 bits per heavy atom. The van der Waals surface area contributed by atoms with E-state index in [2.05, 4.69) is 128 Å². The van der Waals surface area contributed by atoms with Crippen molar-refractivity contribution in [1.82, 2.24) is 19.5 Å². The molecule has 0 aliphatic heterocycles. The molecule has 0 amide bonds. The Labute approximate surface area is 289 Å². The van der Waals surface area contributed by atoms with Crippen molar-refractivity contribution >= 4 is 44.4 Å². The highest BCUT2D eigenvalue weighted by atomic mass is 16.3. The van der Waals surface area contributed by atoms with E-state index in [1.165, 1.54) is 38.6 Å². The second kappa shape index (κ2) is 9.99. The van der Waals surface area contributed by atoms with Crippen LogP contribution in [-0.2, 0) is 18.3 Å². The van der Waals surface area contributed by atoms with Crippen LogP contribution in [0.4, 0.5) is 0 Å². The molecule has 0 saturated heterocycles. The minimum atomic E-state index is -0.139. The Hall–Kier alpha value is -6.07. The Morgan fingerprint density at radius 1 is 0.740 bits per heavy atom. The van der Waals surface area contributed by atoms with E-state index < -0.39 is 0 Å². The molecule has 0 fully saturated rings. The Morgan fingerprint density at radius 2 is 1.46 bits per heavy atom. The van der Waals surface area contributed by atoms with Crippen LogP contribution >= 0.6 is 0 Å². The summed E-state index contributed by atoms with van der Waals surface area (Å²) in [6, 6.07) is 40.3. The quantitative estimate of drug-likeness (QED) is 0.192. The molecule has 238 valence electrons. The summed E-state index contributed by atoms with van der Waals surface area (Å²) < 4.78 is 8.94. The first kappa shape index (κ1) is 27.8. The summed E-state index contributed by atoms with van der Waals surface area (Å²) in [6.07, 6.45) is 6.80. The number of benzene rings is 5. The first-order valence-electron chi connectivity index (χ1n) is 17.5. The summed E-state index contributed by atoms with van der Waals surface area (Å²) in [7, 11) is 0. The average Bonchev–Trinajstić information content (AvgIpc) is 3.76. The number of rotatable bonds is 3. The van der Waals surface area contributed by atoms with Crippen molar-refractivity contribution in [3.05, 3.63) is 155 Å². The van der Waals surface area contributed by atoms with Gasteiger partial charge in [-0.3, -0.25) is 4.57 Å². The van der Waals surface area contributed by atoms with Gasteiger partial charge in [0.05, 0.1) is 11.0 Å². The number of allylic oxidation sites excluding steroid dienone is 3. The van der Waals surface area contributed by atoms with E-state index in [0.29, 0.717) is 23.5 Å². The van der Waals surface area contributed by atoms with Gasteiger partial charge in [-0.1, -0.05) is 117 Å². The first-order valence-corrected chi connectivity index (χ1v) is 17.5. The molecule has 3 heterocycles. The van der Waals surface area contributed by atoms with Crippen LogP contribution < -0.4 is 0 Å². The van der Waals surface area contributed by atoms with Crippen LogP contribution in [0.15, 0.2) is 131 Å². The average molecular weight is 645 g/mol. The molecule has 3 aromatic heterocycles. The lowest BCUT2D eigenvalue weighted by molar-refractivity contribution is 0.471. The number of furan rings is 1. The maximum Gasteiger partial charge on any atom is 0.238 e. The minimum Gasteiger partial charge on any atom is -0.460 e. The summed E-state index contributed by atoms with van der Waals surface area (Å²) in [5.41, 5.74) is 13.0. The van der Waals surface area contributed by atoms with Gasteiger partial charge < -0.3 is 4.42 Å². The van der Waals surface area contributed by atoms with Gasteiger partial charge in [-0.2, -0.15) is 9.97 Å². The van der Waals surface area contributed by atoms with Gasteiger partial charge in [-0.05, 0) is 64.5 Å². The molecule has 2 unspecified atom stereocenters. The number of hydrogen-bond donors (Lipinski definition) is 0. The fourth-order valence-corrected chi connectivity index (χ4v) is 9.01. The smallest absolute Gasteiger partial charge is 0.238 e. The van der Waals surface area contributed by atoms with E-state index in [1.54, 1.807) is 0 Å². The predicted molar refractivity (Wildman–Crippen MR) is 201 cm³/mol. The van der Waals surface area contributed by atoms with Crippen LogP contribution in [0.5, 0.6) is 0 Å². The molecule has 5 nitrogen and oxygen atoms in total. The molecule has 5 heteroatoms. The lowest BCUT2D eigenvalue weighted by atomic mass is 9.72. The van der Waals surface area contributed by atoms with Gasteiger partial charge in [-0.25, -0.2) is 4.98 Å². The Bertz CT molecular complexity index is 2750. The number of hydrogen-bond acceptors (Lipinski definition) is 4. The Balaban J connectivity index is 1.17. The van der Waals surface area contributed by atoms with Crippen molar-refractivity contribution in [3.8, 4) is 28.7 Å². The molecule has 50 heavy (non-hydrogen) atoms. The van der Waals surface area contributed by atoms with E-state index in [9.17, 15) is 0 Å². The number of fused-ring (bicyclic) bond motifs is 9. The van der Waals surface area contributed by atoms with Crippen molar-refractivity contribution in [2.24, 2.45) is 5.92 Å². The zero-order chi connectivity index (χ0) is 33.1. The van der Waals surface area contributed by atoms with Gasteiger partial charge in [-0.15, -0.1) is 0 Å². The fourth-order valence-electron chi connectivity index (χ4n) is 9.01. The summed E-state index contributed by atoms with van der Waals surface area (Å²) >= 11 is 0.